The van der Waals surface area contributed by atoms with Crippen molar-refractivity contribution in [2.75, 3.05) is 20.3 Å². The number of benzene rings is 1. The second-order valence-corrected chi connectivity index (χ2v) is 4.83. The van der Waals surface area contributed by atoms with Gasteiger partial charge in [-0.3, -0.25) is 4.79 Å². The van der Waals surface area contributed by atoms with Crippen LogP contribution in [0, 0.1) is 11.2 Å². The summed E-state index contributed by atoms with van der Waals surface area (Å²) in [5, 5.41) is 9.44. The zero-order valence-electron chi connectivity index (χ0n) is 10.8. The van der Waals surface area contributed by atoms with Gasteiger partial charge in [-0.15, -0.1) is 0 Å². The van der Waals surface area contributed by atoms with Crippen molar-refractivity contribution in [3.8, 4) is 5.75 Å². The molecule has 0 aromatic heterocycles. The first kappa shape index (κ1) is 13.8. The van der Waals surface area contributed by atoms with Crippen molar-refractivity contribution in [2.45, 2.75) is 19.3 Å². The molecule has 1 aliphatic heterocycles. The molecule has 5 heteroatoms. The molecular weight excluding hydrogens is 251 g/mol. The van der Waals surface area contributed by atoms with Gasteiger partial charge in [0.2, 0.25) is 0 Å². The third-order valence-electron chi connectivity index (χ3n) is 3.69. The topological polar surface area (TPSA) is 55.8 Å². The van der Waals surface area contributed by atoms with Gasteiger partial charge in [0.25, 0.3) is 0 Å². The van der Waals surface area contributed by atoms with E-state index in [2.05, 4.69) is 0 Å². The second kappa shape index (κ2) is 5.57. The number of aliphatic carboxylic acids is 1. The van der Waals surface area contributed by atoms with E-state index in [1.165, 1.54) is 13.2 Å². The zero-order chi connectivity index (χ0) is 13.9. The highest BCUT2D eigenvalue weighted by molar-refractivity contribution is 5.75. The summed E-state index contributed by atoms with van der Waals surface area (Å²) in [6.45, 7) is 0.814. The van der Waals surface area contributed by atoms with Gasteiger partial charge in [-0.2, -0.15) is 0 Å². The smallest absolute Gasteiger partial charge is 0.310 e. The standard InChI is InChI=1S/C14H17FO4/c1-18-11-3-2-10(12(15)8-11)9-14(13(16)17)4-6-19-7-5-14/h2-3,8H,4-7,9H2,1H3,(H,16,17). The van der Waals surface area contributed by atoms with Crippen molar-refractivity contribution >= 4 is 5.97 Å². The third kappa shape index (κ3) is 2.87. The van der Waals surface area contributed by atoms with E-state index >= 15 is 0 Å². The van der Waals surface area contributed by atoms with Gasteiger partial charge in [0.15, 0.2) is 0 Å². The Morgan fingerprint density at radius 1 is 1.47 bits per heavy atom. The van der Waals surface area contributed by atoms with E-state index in [9.17, 15) is 14.3 Å². The van der Waals surface area contributed by atoms with Crippen LogP contribution in [0.2, 0.25) is 0 Å². The molecule has 1 fully saturated rings. The molecule has 1 aromatic rings. The molecule has 0 spiro atoms. The van der Waals surface area contributed by atoms with Crippen LogP contribution < -0.4 is 4.74 Å². The predicted octanol–water partition coefficient (Wildman–Crippen LogP) is 2.26. The molecule has 0 saturated carbocycles. The summed E-state index contributed by atoms with van der Waals surface area (Å²) in [5.74, 6) is -0.880. The number of carboxylic acids is 1. The molecule has 1 aliphatic rings. The van der Waals surface area contributed by atoms with E-state index in [0.717, 1.165) is 0 Å². The lowest BCUT2D eigenvalue weighted by Gasteiger charge is -2.33. The Morgan fingerprint density at radius 2 is 2.16 bits per heavy atom. The molecule has 19 heavy (non-hydrogen) atoms. The monoisotopic (exact) mass is 268 g/mol. The first-order chi connectivity index (χ1) is 9.07. The highest BCUT2D eigenvalue weighted by Gasteiger charge is 2.40. The van der Waals surface area contributed by atoms with Gasteiger partial charge in [-0.1, -0.05) is 6.07 Å². The van der Waals surface area contributed by atoms with Crippen LogP contribution in [-0.4, -0.2) is 31.4 Å². The summed E-state index contributed by atoms with van der Waals surface area (Å²) in [7, 11) is 1.46. The Kier molecular flexibility index (Phi) is 4.04. The molecule has 4 nitrogen and oxygen atoms in total. The van der Waals surface area contributed by atoms with Crippen molar-refractivity contribution in [3.63, 3.8) is 0 Å². The molecular formula is C14H17FO4. The van der Waals surface area contributed by atoms with Crippen LogP contribution in [0.1, 0.15) is 18.4 Å². The minimum Gasteiger partial charge on any atom is -0.497 e. The van der Waals surface area contributed by atoms with Crippen LogP contribution in [0.4, 0.5) is 4.39 Å². The van der Waals surface area contributed by atoms with E-state index in [1.54, 1.807) is 12.1 Å². The summed E-state index contributed by atoms with van der Waals surface area (Å²) >= 11 is 0. The fourth-order valence-electron chi connectivity index (χ4n) is 2.39. The minimum atomic E-state index is -0.923. The Hall–Kier alpha value is -1.62. The number of methoxy groups -OCH3 is 1. The lowest BCUT2D eigenvalue weighted by molar-refractivity contribution is -0.154. The largest absolute Gasteiger partial charge is 0.497 e. The van der Waals surface area contributed by atoms with Gasteiger partial charge in [-0.25, -0.2) is 4.39 Å². The molecule has 1 saturated heterocycles. The first-order valence-electron chi connectivity index (χ1n) is 6.21. The average Bonchev–Trinajstić information content (AvgIpc) is 2.42. The summed E-state index contributed by atoms with van der Waals surface area (Å²) in [6, 6.07) is 4.52. The first-order valence-corrected chi connectivity index (χ1v) is 6.21. The number of carbonyl (C=O) groups is 1. The zero-order valence-corrected chi connectivity index (χ0v) is 10.8. The molecule has 1 aromatic carbocycles. The molecule has 104 valence electrons. The van der Waals surface area contributed by atoms with Crippen LogP contribution >= 0.6 is 0 Å². The fraction of sp³-hybridized carbons (Fsp3) is 0.500. The van der Waals surface area contributed by atoms with Gasteiger partial charge in [0, 0.05) is 19.3 Å². The van der Waals surface area contributed by atoms with Gasteiger partial charge in [0.1, 0.15) is 11.6 Å². The van der Waals surface area contributed by atoms with Gasteiger partial charge >= 0.3 is 5.97 Å². The van der Waals surface area contributed by atoms with Crippen molar-refractivity contribution < 1.29 is 23.8 Å². The highest BCUT2D eigenvalue weighted by atomic mass is 19.1. The maximum Gasteiger partial charge on any atom is 0.310 e. The van der Waals surface area contributed by atoms with E-state index in [1.807, 2.05) is 0 Å². The van der Waals surface area contributed by atoms with Crippen molar-refractivity contribution in [3.05, 3.63) is 29.6 Å². The molecule has 1 N–H and O–H groups in total. The Balaban J connectivity index is 2.24. The van der Waals surface area contributed by atoms with E-state index in [4.69, 9.17) is 9.47 Å². The molecule has 2 rings (SSSR count). The van der Waals surface area contributed by atoms with Crippen molar-refractivity contribution in [1.29, 1.82) is 0 Å². The van der Waals surface area contributed by atoms with Gasteiger partial charge < -0.3 is 14.6 Å². The maximum atomic E-state index is 13.9. The molecule has 0 unspecified atom stereocenters. The molecule has 0 aliphatic carbocycles. The van der Waals surface area contributed by atoms with E-state index < -0.39 is 17.2 Å². The van der Waals surface area contributed by atoms with Crippen molar-refractivity contribution in [2.24, 2.45) is 5.41 Å². The summed E-state index contributed by atoms with van der Waals surface area (Å²) in [4.78, 5) is 11.5. The summed E-state index contributed by atoms with van der Waals surface area (Å²) in [6.07, 6.45) is 1.00. The SMILES string of the molecule is COc1ccc(CC2(C(=O)O)CCOCC2)c(F)c1. The Labute approximate surface area is 111 Å². The van der Waals surface area contributed by atoms with Gasteiger partial charge in [0.05, 0.1) is 12.5 Å². The van der Waals surface area contributed by atoms with Crippen LogP contribution in [-0.2, 0) is 16.0 Å². The fourth-order valence-corrected chi connectivity index (χ4v) is 2.39. The van der Waals surface area contributed by atoms with Crippen LogP contribution in [0.5, 0.6) is 5.75 Å². The summed E-state index contributed by atoms with van der Waals surface area (Å²) in [5.41, 5.74) is -0.515. The molecule has 0 amide bonds. The van der Waals surface area contributed by atoms with Gasteiger partial charge in [-0.05, 0) is 30.9 Å². The highest BCUT2D eigenvalue weighted by Crippen LogP contribution is 2.35. The number of hydrogen-bond donors (Lipinski definition) is 1. The van der Waals surface area contributed by atoms with E-state index in [0.29, 0.717) is 37.4 Å². The normalized spacial score (nSPS) is 18.0. The lowest BCUT2D eigenvalue weighted by atomic mass is 9.75. The number of rotatable bonds is 4. The molecule has 0 atom stereocenters. The third-order valence-corrected chi connectivity index (χ3v) is 3.69. The number of carboxylic acid groups (broad SMARTS) is 1. The Bertz CT molecular complexity index is 467. The van der Waals surface area contributed by atoms with E-state index in [-0.39, 0.29) is 6.42 Å². The minimum absolute atomic E-state index is 0.182. The predicted molar refractivity (Wildman–Crippen MR) is 66.8 cm³/mol. The van der Waals surface area contributed by atoms with Crippen molar-refractivity contribution in [1.82, 2.24) is 0 Å². The summed E-state index contributed by atoms with van der Waals surface area (Å²) < 4.78 is 24.1. The average molecular weight is 268 g/mol. The van der Waals surface area contributed by atoms with Crippen LogP contribution in [0.3, 0.4) is 0 Å². The quantitative estimate of drug-likeness (QED) is 0.910. The van der Waals surface area contributed by atoms with Crippen LogP contribution in [0.25, 0.3) is 0 Å². The molecule has 0 radical (unpaired) electrons. The second-order valence-electron chi connectivity index (χ2n) is 4.83. The van der Waals surface area contributed by atoms with Crippen LogP contribution in [0.15, 0.2) is 18.2 Å². The lowest BCUT2D eigenvalue weighted by Crippen LogP contribution is -2.39. The Morgan fingerprint density at radius 3 is 2.68 bits per heavy atom. The molecule has 1 heterocycles. The number of halogens is 1. The number of ether oxygens (including phenoxy) is 2. The molecule has 0 bridgehead atoms. The number of hydrogen-bond acceptors (Lipinski definition) is 3. The maximum absolute atomic E-state index is 13.9.